The van der Waals surface area contributed by atoms with Crippen molar-refractivity contribution in [1.82, 2.24) is 4.57 Å². The van der Waals surface area contributed by atoms with Gasteiger partial charge >= 0.3 is 5.97 Å². The molecule has 0 aliphatic heterocycles. The Bertz CT molecular complexity index is 593. The smallest absolute Gasteiger partial charge is 0.314 e. The summed E-state index contributed by atoms with van der Waals surface area (Å²) in [5.41, 5.74) is 1.45. The van der Waals surface area contributed by atoms with E-state index in [0.717, 1.165) is 35.7 Å². The van der Waals surface area contributed by atoms with Gasteiger partial charge in [-0.3, -0.25) is 4.79 Å². The standard InChI is InChI=1S/C14H15NO2/c1-15-9-6-10-11(4-2-5-12(10)15)14(13(16)17)7-3-8-14/h2,4-6,9H,3,7-8H2,1H3,(H,16,17). The molecule has 1 heterocycles. The van der Waals surface area contributed by atoms with E-state index in [1.807, 2.05) is 42.1 Å². The van der Waals surface area contributed by atoms with E-state index in [-0.39, 0.29) is 0 Å². The predicted octanol–water partition coefficient (Wildman–Crippen LogP) is 2.68. The molecule has 0 atom stereocenters. The van der Waals surface area contributed by atoms with Crippen molar-refractivity contribution in [3.05, 3.63) is 36.0 Å². The Labute approximate surface area is 99.7 Å². The first-order valence-corrected chi connectivity index (χ1v) is 5.93. The highest BCUT2D eigenvalue weighted by Gasteiger charge is 2.46. The molecule has 1 fully saturated rings. The van der Waals surface area contributed by atoms with Crippen LogP contribution in [0.3, 0.4) is 0 Å². The summed E-state index contributed by atoms with van der Waals surface area (Å²) in [6.45, 7) is 0. The Morgan fingerprint density at radius 1 is 1.35 bits per heavy atom. The molecule has 0 saturated heterocycles. The highest BCUT2D eigenvalue weighted by molar-refractivity contribution is 5.92. The Morgan fingerprint density at radius 3 is 2.71 bits per heavy atom. The Morgan fingerprint density at radius 2 is 2.12 bits per heavy atom. The van der Waals surface area contributed by atoms with Crippen molar-refractivity contribution in [2.75, 3.05) is 0 Å². The number of benzene rings is 1. The number of hydrogen-bond donors (Lipinski definition) is 1. The van der Waals surface area contributed by atoms with Crippen LogP contribution in [0.2, 0.25) is 0 Å². The largest absolute Gasteiger partial charge is 0.481 e. The van der Waals surface area contributed by atoms with Crippen LogP contribution in [0.5, 0.6) is 0 Å². The molecule has 3 nitrogen and oxygen atoms in total. The van der Waals surface area contributed by atoms with Gasteiger partial charge in [0.2, 0.25) is 0 Å². The van der Waals surface area contributed by atoms with Gasteiger partial charge in [-0.15, -0.1) is 0 Å². The van der Waals surface area contributed by atoms with Crippen molar-refractivity contribution in [2.24, 2.45) is 7.05 Å². The molecule has 88 valence electrons. The lowest BCUT2D eigenvalue weighted by Gasteiger charge is -2.38. The fourth-order valence-corrected chi connectivity index (χ4v) is 2.85. The van der Waals surface area contributed by atoms with E-state index < -0.39 is 11.4 Å². The second-order valence-corrected chi connectivity index (χ2v) is 4.91. The van der Waals surface area contributed by atoms with Crippen molar-refractivity contribution in [1.29, 1.82) is 0 Å². The maximum Gasteiger partial charge on any atom is 0.314 e. The third kappa shape index (κ3) is 1.25. The zero-order valence-electron chi connectivity index (χ0n) is 9.81. The fourth-order valence-electron chi connectivity index (χ4n) is 2.85. The number of aliphatic carboxylic acids is 1. The van der Waals surface area contributed by atoms with Crippen molar-refractivity contribution in [3.8, 4) is 0 Å². The Kier molecular flexibility index (Phi) is 2.05. The number of carboxylic acid groups (broad SMARTS) is 1. The van der Waals surface area contributed by atoms with Gasteiger partial charge < -0.3 is 9.67 Å². The molecule has 0 radical (unpaired) electrons. The van der Waals surface area contributed by atoms with Crippen LogP contribution in [0, 0.1) is 0 Å². The first kappa shape index (κ1) is 10.4. The molecule has 2 aromatic rings. The zero-order valence-corrected chi connectivity index (χ0v) is 9.81. The number of fused-ring (bicyclic) bond motifs is 1. The van der Waals surface area contributed by atoms with Crippen molar-refractivity contribution < 1.29 is 9.90 Å². The number of rotatable bonds is 2. The van der Waals surface area contributed by atoms with Gasteiger partial charge in [0.15, 0.2) is 0 Å². The summed E-state index contributed by atoms with van der Waals surface area (Å²) < 4.78 is 2.03. The molecule has 0 unspecified atom stereocenters. The van der Waals surface area contributed by atoms with Gasteiger partial charge in [-0.25, -0.2) is 0 Å². The van der Waals surface area contributed by atoms with Crippen LogP contribution >= 0.6 is 0 Å². The molecule has 0 spiro atoms. The quantitative estimate of drug-likeness (QED) is 0.860. The van der Waals surface area contributed by atoms with Crippen LogP contribution in [-0.2, 0) is 17.3 Å². The Hall–Kier alpha value is -1.77. The van der Waals surface area contributed by atoms with Crippen molar-refractivity contribution >= 4 is 16.9 Å². The number of hydrogen-bond acceptors (Lipinski definition) is 1. The minimum absolute atomic E-state index is 0.638. The summed E-state index contributed by atoms with van der Waals surface area (Å²) in [6.07, 6.45) is 4.52. The van der Waals surface area contributed by atoms with Crippen LogP contribution in [0.4, 0.5) is 0 Å². The van der Waals surface area contributed by atoms with Gasteiger partial charge in [-0.05, 0) is 30.5 Å². The van der Waals surface area contributed by atoms with Crippen molar-refractivity contribution in [2.45, 2.75) is 24.7 Å². The molecule has 3 heteroatoms. The van der Waals surface area contributed by atoms with Crippen LogP contribution in [0.25, 0.3) is 10.9 Å². The van der Waals surface area contributed by atoms with Gasteiger partial charge in [-0.2, -0.15) is 0 Å². The normalized spacial score (nSPS) is 17.9. The number of aromatic nitrogens is 1. The van der Waals surface area contributed by atoms with Gasteiger partial charge in [0, 0.05) is 24.1 Å². The number of nitrogens with zero attached hydrogens (tertiary/aromatic N) is 1. The molecule has 1 aliphatic carbocycles. The van der Waals surface area contributed by atoms with Gasteiger partial charge in [-0.1, -0.05) is 18.6 Å². The van der Waals surface area contributed by atoms with E-state index in [1.54, 1.807) is 0 Å². The summed E-state index contributed by atoms with van der Waals surface area (Å²) in [6, 6.07) is 7.98. The molecule has 1 aliphatic rings. The summed E-state index contributed by atoms with van der Waals surface area (Å²) in [5, 5.41) is 10.6. The summed E-state index contributed by atoms with van der Waals surface area (Å²) >= 11 is 0. The topological polar surface area (TPSA) is 42.2 Å². The third-order valence-electron chi connectivity index (χ3n) is 4.06. The van der Waals surface area contributed by atoms with E-state index in [4.69, 9.17) is 0 Å². The second kappa shape index (κ2) is 3.36. The molecule has 0 amide bonds. The molecule has 1 aromatic heterocycles. The molecule has 1 aromatic carbocycles. The van der Waals surface area contributed by atoms with E-state index in [1.165, 1.54) is 0 Å². The fraction of sp³-hybridized carbons (Fsp3) is 0.357. The monoisotopic (exact) mass is 229 g/mol. The maximum atomic E-state index is 11.5. The summed E-state index contributed by atoms with van der Waals surface area (Å²) in [4.78, 5) is 11.5. The molecule has 1 N–H and O–H groups in total. The Balaban J connectivity index is 2.27. The van der Waals surface area contributed by atoms with E-state index in [2.05, 4.69) is 0 Å². The summed E-state index contributed by atoms with van der Waals surface area (Å²) in [7, 11) is 1.99. The van der Waals surface area contributed by atoms with E-state index in [9.17, 15) is 9.90 Å². The lowest BCUT2D eigenvalue weighted by atomic mass is 9.64. The van der Waals surface area contributed by atoms with Crippen LogP contribution in [-0.4, -0.2) is 15.6 Å². The van der Waals surface area contributed by atoms with Crippen LogP contribution in [0.15, 0.2) is 30.5 Å². The second-order valence-electron chi connectivity index (χ2n) is 4.91. The third-order valence-corrected chi connectivity index (χ3v) is 4.06. The summed E-state index contributed by atoms with van der Waals surface area (Å²) in [5.74, 6) is -0.680. The van der Waals surface area contributed by atoms with Crippen LogP contribution in [0.1, 0.15) is 24.8 Å². The lowest BCUT2D eigenvalue weighted by molar-refractivity contribution is -0.147. The minimum atomic E-state index is -0.680. The number of aryl methyl sites for hydroxylation is 1. The molecule has 3 rings (SSSR count). The molecular weight excluding hydrogens is 214 g/mol. The number of carboxylic acids is 1. The first-order valence-electron chi connectivity index (χ1n) is 5.93. The van der Waals surface area contributed by atoms with Crippen LogP contribution < -0.4 is 0 Å². The molecule has 17 heavy (non-hydrogen) atoms. The van der Waals surface area contributed by atoms with E-state index >= 15 is 0 Å². The minimum Gasteiger partial charge on any atom is -0.481 e. The van der Waals surface area contributed by atoms with Gasteiger partial charge in [0.05, 0.1) is 5.41 Å². The average molecular weight is 229 g/mol. The van der Waals surface area contributed by atoms with Gasteiger partial charge in [0.25, 0.3) is 0 Å². The lowest BCUT2D eigenvalue weighted by Crippen LogP contribution is -2.42. The molecule has 1 saturated carbocycles. The zero-order chi connectivity index (χ0) is 12.0. The first-order chi connectivity index (χ1) is 8.15. The van der Waals surface area contributed by atoms with Gasteiger partial charge in [0.1, 0.15) is 0 Å². The van der Waals surface area contributed by atoms with Crippen molar-refractivity contribution in [3.63, 3.8) is 0 Å². The number of carbonyl (C=O) groups is 1. The average Bonchev–Trinajstić information content (AvgIpc) is 2.59. The molecule has 0 bridgehead atoms. The highest BCUT2D eigenvalue weighted by Crippen LogP contribution is 2.46. The SMILES string of the molecule is Cn1ccc2c(C3(C(=O)O)CCC3)cccc21. The predicted molar refractivity (Wildman–Crippen MR) is 66.1 cm³/mol. The maximum absolute atomic E-state index is 11.5. The van der Waals surface area contributed by atoms with E-state index in [0.29, 0.717) is 0 Å². The highest BCUT2D eigenvalue weighted by atomic mass is 16.4. The molecular formula is C14H15NO2.